The summed E-state index contributed by atoms with van der Waals surface area (Å²) in [4.78, 5) is 0. The highest BCUT2D eigenvalue weighted by Crippen LogP contribution is 2.32. The highest BCUT2D eigenvalue weighted by Gasteiger charge is 2.32. The minimum atomic E-state index is -4.74. The van der Waals surface area contributed by atoms with E-state index in [4.69, 9.17) is 0 Å². The fourth-order valence-electron chi connectivity index (χ4n) is 1.53. The molecule has 0 aliphatic rings. The van der Waals surface area contributed by atoms with Crippen LogP contribution in [0.5, 0.6) is 5.75 Å². The largest absolute Gasteiger partial charge is 0.573 e. The summed E-state index contributed by atoms with van der Waals surface area (Å²) in [7, 11) is 0. The normalized spacial score (nSPS) is 13.5. The van der Waals surface area contributed by atoms with E-state index >= 15 is 0 Å². The lowest BCUT2D eigenvalue weighted by atomic mass is 10.0. The second-order valence-electron chi connectivity index (χ2n) is 3.74. The van der Waals surface area contributed by atoms with Crippen molar-refractivity contribution in [2.45, 2.75) is 38.7 Å². The van der Waals surface area contributed by atoms with Crippen molar-refractivity contribution < 1.29 is 23.0 Å². The predicted molar refractivity (Wildman–Crippen MR) is 57.6 cm³/mol. The van der Waals surface area contributed by atoms with Crippen LogP contribution in [-0.4, -0.2) is 11.5 Å². The molecule has 96 valence electrons. The first kappa shape index (κ1) is 13.8. The van der Waals surface area contributed by atoms with Gasteiger partial charge in [0.15, 0.2) is 0 Å². The molecule has 17 heavy (non-hydrogen) atoms. The van der Waals surface area contributed by atoms with E-state index < -0.39 is 12.5 Å². The van der Waals surface area contributed by atoms with Crippen LogP contribution in [-0.2, 0) is 0 Å². The lowest BCUT2D eigenvalue weighted by Crippen LogP contribution is -2.18. The second kappa shape index (κ2) is 5.91. The number of hydrogen-bond donors (Lipinski definition) is 1. The van der Waals surface area contributed by atoms with Gasteiger partial charge in [-0.15, -0.1) is 13.2 Å². The fourth-order valence-corrected chi connectivity index (χ4v) is 1.53. The Morgan fingerprint density at radius 2 is 1.94 bits per heavy atom. The van der Waals surface area contributed by atoms with Crippen molar-refractivity contribution in [3.63, 3.8) is 0 Å². The van der Waals surface area contributed by atoms with E-state index in [2.05, 4.69) is 4.74 Å². The van der Waals surface area contributed by atoms with Crippen LogP contribution in [0.1, 0.15) is 37.9 Å². The molecule has 0 radical (unpaired) electrons. The molecule has 0 aliphatic heterocycles. The number of rotatable bonds is 5. The highest BCUT2D eigenvalue weighted by molar-refractivity contribution is 5.35. The molecule has 1 N–H and O–H groups in total. The molecule has 0 amide bonds. The number of para-hydroxylation sites is 1. The van der Waals surface area contributed by atoms with Gasteiger partial charge in [0.05, 0.1) is 6.10 Å². The number of alkyl halides is 3. The van der Waals surface area contributed by atoms with Crippen LogP contribution >= 0.6 is 0 Å². The summed E-state index contributed by atoms with van der Waals surface area (Å²) in [6.07, 6.45) is -3.61. The zero-order chi connectivity index (χ0) is 12.9. The van der Waals surface area contributed by atoms with Crippen LogP contribution in [0.25, 0.3) is 0 Å². The third-order valence-corrected chi connectivity index (χ3v) is 2.33. The minimum Gasteiger partial charge on any atom is -0.405 e. The maximum atomic E-state index is 12.1. The number of ether oxygens (including phenoxy) is 1. The van der Waals surface area contributed by atoms with E-state index in [1.54, 1.807) is 6.07 Å². The minimum absolute atomic E-state index is 0.179. The molecular formula is C12H15F3O2. The zero-order valence-electron chi connectivity index (χ0n) is 9.50. The fraction of sp³-hybridized carbons (Fsp3) is 0.500. The first-order valence-electron chi connectivity index (χ1n) is 5.46. The lowest BCUT2D eigenvalue weighted by molar-refractivity contribution is -0.275. The van der Waals surface area contributed by atoms with E-state index in [-0.39, 0.29) is 11.3 Å². The first-order valence-corrected chi connectivity index (χ1v) is 5.46. The molecule has 0 heterocycles. The molecule has 0 aromatic heterocycles. The quantitative estimate of drug-likeness (QED) is 0.858. The third kappa shape index (κ3) is 4.65. The van der Waals surface area contributed by atoms with Gasteiger partial charge in [-0.1, -0.05) is 38.0 Å². The summed E-state index contributed by atoms with van der Waals surface area (Å²) in [6.45, 7) is 1.95. The summed E-state index contributed by atoms with van der Waals surface area (Å²) in [5.41, 5.74) is 0.179. The van der Waals surface area contributed by atoms with Gasteiger partial charge in [-0.3, -0.25) is 0 Å². The molecular weight excluding hydrogens is 233 g/mol. The van der Waals surface area contributed by atoms with Crippen LogP contribution in [0, 0.1) is 0 Å². The van der Waals surface area contributed by atoms with Gasteiger partial charge in [-0.2, -0.15) is 0 Å². The monoisotopic (exact) mass is 248 g/mol. The van der Waals surface area contributed by atoms with Crippen molar-refractivity contribution in [1.29, 1.82) is 0 Å². The average Bonchev–Trinajstić information content (AvgIpc) is 2.24. The number of aliphatic hydroxyl groups excluding tert-OH is 1. The topological polar surface area (TPSA) is 29.5 Å². The molecule has 0 saturated heterocycles. The first-order chi connectivity index (χ1) is 7.94. The predicted octanol–water partition coefficient (Wildman–Crippen LogP) is 3.81. The molecule has 0 spiro atoms. The Bertz CT molecular complexity index is 350. The van der Waals surface area contributed by atoms with Crippen LogP contribution in [0.4, 0.5) is 13.2 Å². The van der Waals surface area contributed by atoms with Crippen molar-refractivity contribution in [2.24, 2.45) is 0 Å². The Morgan fingerprint density at radius 3 is 2.53 bits per heavy atom. The Hall–Kier alpha value is -1.23. The van der Waals surface area contributed by atoms with Gasteiger partial charge in [0.1, 0.15) is 5.75 Å². The van der Waals surface area contributed by atoms with E-state index in [0.717, 1.165) is 12.8 Å². The van der Waals surface area contributed by atoms with E-state index in [9.17, 15) is 18.3 Å². The van der Waals surface area contributed by atoms with Gasteiger partial charge < -0.3 is 9.84 Å². The van der Waals surface area contributed by atoms with Gasteiger partial charge in [0, 0.05) is 5.56 Å². The summed E-state index contributed by atoms with van der Waals surface area (Å²) in [6, 6.07) is 5.67. The number of unbranched alkanes of at least 4 members (excludes halogenated alkanes) is 1. The van der Waals surface area contributed by atoms with Gasteiger partial charge in [-0.25, -0.2) is 0 Å². The Labute approximate surface area is 98.0 Å². The van der Waals surface area contributed by atoms with Gasteiger partial charge >= 0.3 is 6.36 Å². The maximum Gasteiger partial charge on any atom is 0.573 e. The third-order valence-electron chi connectivity index (χ3n) is 2.33. The number of halogens is 3. The molecule has 2 nitrogen and oxygen atoms in total. The van der Waals surface area contributed by atoms with Crippen LogP contribution in [0.3, 0.4) is 0 Å². The van der Waals surface area contributed by atoms with Crippen LogP contribution < -0.4 is 4.74 Å². The molecule has 0 saturated carbocycles. The van der Waals surface area contributed by atoms with E-state index in [1.807, 2.05) is 6.92 Å². The average molecular weight is 248 g/mol. The maximum absolute atomic E-state index is 12.1. The van der Waals surface area contributed by atoms with Crippen molar-refractivity contribution in [3.05, 3.63) is 29.8 Å². The molecule has 0 fully saturated rings. The van der Waals surface area contributed by atoms with Gasteiger partial charge in [0.2, 0.25) is 0 Å². The molecule has 1 atom stereocenters. The van der Waals surface area contributed by atoms with E-state index in [1.165, 1.54) is 18.2 Å². The molecule has 1 unspecified atom stereocenters. The summed E-state index contributed by atoms with van der Waals surface area (Å²) in [5, 5.41) is 9.78. The smallest absolute Gasteiger partial charge is 0.405 e. The molecule has 0 aliphatic carbocycles. The Kier molecular flexibility index (Phi) is 4.81. The van der Waals surface area contributed by atoms with E-state index in [0.29, 0.717) is 6.42 Å². The summed E-state index contributed by atoms with van der Waals surface area (Å²) < 4.78 is 40.3. The van der Waals surface area contributed by atoms with Gasteiger partial charge in [0.25, 0.3) is 0 Å². The number of benzene rings is 1. The Balaban J connectivity index is 2.83. The number of hydrogen-bond acceptors (Lipinski definition) is 2. The number of aliphatic hydroxyl groups is 1. The molecule has 1 aromatic rings. The van der Waals surface area contributed by atoms with Crippen LogP contribution in [0.15, 0.2) is 24.3 Å². The Morgan fingerprint density at radius 1 is 1.29 bits per heavy atom. The second-order valence-corrected chi connectivity index (χ2v) is 3.74. The van der Waals surface area contributed by atoms with Crippen molar-refractivity contribution >= 4 is 0 Å². The molecule has 5 heteroatoms. The molecule has 1 rings (SSSR count). The van der Waals surface area contributed by atoms with Crippen molar-refractivity contribution in [3.8, 4) is 5.75 Å². The lowest BCUT2D eigenvalue weighted by Gasteiger charge is -2.16. The zero-order valence-corrected chi connectivity index (χ0v) is 9.50. The SMILES string of the molecule is CCCCC(O)c1ccccc1OC(F)(F)F. The standard InChI is InChI=1S/C12H15F3O2/c1-2-3-7-10(16)9-6-4-5-8-11(9)17-12(13,14)15/h4-6,8,10,16H,2-3,7H2,1H3. The summed E-state index contributed by atoms with van der Waals surface area (Å²) >= 11 is 0. The van der Waals surface area contributed by atoms with Crippen molar-refractivity contribution in [1.82, 2.24) is 0 Å². The summed E-state index contributed by atoms with van der Waals surface area (Å²) in [5.74, 6) is -0.330. The highest BCUT2D eigenvalue weighted by atomic mass is 19.4. The van der Waals surface area contributed by atoms with Crippen LogP contribution in [0.2, 0.25) is 0 Å². The molecule has 0 bridgehead atoms. The van der Waals surface area contributed by atoms with Gasteiger partial charge in [-0.05, 0) is 12.5 Å². The van der Waals surface area contributed by atoms with Crippen molar-refractivity contribution in [2.75, 3.05) is 0 Å². The molecule has 1 aromatic carbocycles.